The highest BCUT2D eigenvalue weighted by molar-refractivity contribution is 9.10. The molecule has 0 aromatic heterocycles. The highest BCUT2D eigenvalue weighted by atomic mass is 79.9. The molecule has 3 nitrogen and oxygen atoms in total. The van der Waals surface area contributed by atoms with E-state index in [1.54, 1.807) is 0 Å². The number of hydrogen-bond donors (Lipinski definition) is 0. The lowest BCUT2D eigenvalue weighted by molar-refractivity contribution is 0.0482. The van der Waals surface area contributed by atoms with Gasteiger partial charge in [0.1, 0.15) is 5.75 Å². The largest absolute Gasteiger partial charge is 0.494 e. The van der Waals surface area contributed by atoms with Crippen LogP contribution in [0.2, 0.25) is 0 Å². The van der Waals surface area contributed by atoms with Gasteiger partial charge in [0.15, 0.2) is 0 Å². The fourth-order valence-electron chi connectivity index (χ4n) is 3.58. The number of piperazine rings is 1. The van der Waals surface area contributed by atoms with Gasteiger partial charge >= 0.3 is 0 Å². The zero-order valence-electron chi connectivity index (χ0n) is 13.3. The first-order valence-electron chi connectivity index (χ1n) is 8.66. The highest BCUT2D eigenvalue weighted by Gasteiger charge is 2.28. The first-order valence-corrected chi connectivity index (χ1v) is 9.45. The summed E-state index contributed by atoms with van der Waals surface area (Å²) in [7, 11) is 0. The lowest BCUT2D eigenvalue weighted by atomic mass is 9.99. The highest BCUT2D eigenvalue weighted by Crippen LogP contribution is 2.21. The van der Waals surface area contributed by atoms with Gasteiger partial charge in [-0.1, -0.05) is 22.4 Å². The van der Waals surface area contributed by atoms with Gasteiger partial charge in [-0.3, -0.25) is 4.90 Å². The zero-order chi connectivity index (χ0) is 15.2. The van der Waals surface area contributed by atoms with Crippen molar-refractivity contribution in [2.75, 3.05) is 39.3 Å². The second-order valence-corrected chi connectivity index (χ2v) is 7.41. The van der Waals surface area contributed by atoms with Crippen LogP contribution >= 0.6 is 15.9 Å². The second-order valence-electron chi connectivity index (χ2n) is 6.50. The normalized spacial score (nSPS) is 23.2. The molecule has 2 aliphatic rings. The third-order valence-corrected chi connectivity index (χ3v) is 5.40. The first kappa shape index (κ1) is 16.3. The molecule has 1 unspecified atom stereocenters. The molecule has 122 valence electrons. The molecular weight excluding hydrogens is 340 g/mol. The average molecular weight is 367 g/mol. The van der Waals surface area contributed by atoms with Crippen LogP contribution in [0.15, 0.2) is 28.7 Å². The van der Waals surface area contributed by atoms with Crippen molar-refractivity contribution in [3.8, 4) is 5.75 Å². The minimum absolute atomic E-state index is 0.824. The molecule has 1 aromatic carbocycles. The van der Waals surface area contributed by atoms with E-state index in [9.17, 15) is 0 Å². The van der Waals surface area contributed by atoms with Gasteiger partial charge in [0.05, 0.1) is 6.61 Å². The van der Waals surface area contributed by atoms with Gasteiger partial charge in [-0.05, 0) is 63.0 Å². The van der Waals surface area contributed by atoms with E-state index in [0.29, 0.717) is 0 Å². The van der Waals surface area contributed by atoms with Crippen molar-refractivity contribution < 1.29 is 4.74 Å². The molecule has 2 saturated heterocycles. The quantitative estimate of drug-likeness (QED) is 0.712. The molecule has 0 saturated carbocycles. The van der Waals surface area contributed by atoms with Crippen molar-refractivity contribution >= 4 is 15.9 Å². The fourth-order valence-corrected chi connectivity index (χ4v) is 3.85. The van der Waals surface area contributed by atoms with Crippen LogP contribution < -0.4 is 4.74 Å². The maximum atomic E-state index is 5.79. The third-order valence-electron chi connectivity index (χ3n) is 4.87. The summed E-state index contributed by atoms with van der Waals surface area (Å²) in [6, 6.07) is 8.93. The van der Waals surface area contributed by atoms with E-state index in [1.807, 2.05) is 24.3 Å². The first-order chi connectivity index (χ1) is 10.8. The number of nitrogens with zero attached hydrogens (tertiary/aromatic N) is 2. The van der Waals surface area contributed by atoms with Crippen molar-refractivity contribution in [1.82, 2.24) is 9.80 Å². The van der Waals surface area contributed by atoms with Crippen molar-refractivity contribution in [3.63, 3.8) is 0 Å². The van der Waals surface area contributed by atoms with Gasteiger partial charge < -0.3 is 9.64 Å². The van der Waals surface area contributed by atoms with Crippen LogP contribution in [-0.2, 0) is 0 Å². The zero-order valence-corrected chi connectivity index (χ0v) is 14.9. The Hall–Kier alpha value is -0.580. The molecular formula is C18H27BrN2O. The van der Waals surface area contributed by atoms with Crippen LogP contribution in [0.4, 0.5) is 0 Å². The Morgan fingerprint density at radius 1 is 1.05 bits per heavy atom. The molecule has 0 spiro atoms. The fraction of sp³-hybridized carbons (Fsp3) is 0.667. The van der Waals surface area contributed by atoms with Crippen LogP contribution in [0.25, 0.3) is 0 Å². The second kappa shape index (κ2) is 8.32. The van der Waals surface area contributed by atoms with E-state index in [1.165, 1.54) is 58.4 Å². The number of halogens is 1. The summed E-state index contributed by atoms with van der Waals surface area (Å²) in [4.78, 5) is 5.36. The molecule has 2 heterocycles. The molecule has 0 radical (unpaired) electrons. The summed E-state index contributed by atoms with van der Waals surface area (Å²) in [5, 5.41) is 0. The summed E-state index contributed by atoms with van der Waals surface area (Å²) in [5.74, 6) is 0.971. The third kappa shape index (κ3) is 4.71. The molecule has 0 N–H and O–H groups in total. The Balaban J connectivity index is 1.29. The molecule has 3 rings (SSSR count). The van der Waals surface area contributed by atoms with E-state index in [0.717, 1.165) is 29.3 Å². The predicted octanol–water partition coefficient (Wildman–Crippen LogP) is 3.78. The summed E-state index contributed by atoms with van der Waals surface area (Å²) in [6.45, 7) is 7.20. The maximum Gasteiger partial charge on any atom is 0.119 e. The Morgan fingerprint density at radius 2 is 1.91 bits per heavy atom. The lowest BCUT2D eigenvalue weighted by Gasteiger charge is -2.44. The number of ether oxygens (including phenoxy) is 1. The van der Waals surface area contributed by atoms with E-state index >= 15 is 0 Å². The molecule has 0 aliphatic carbocycles. The topological polar surface area (TPSA) is 15.7 Å². The van der Waals surface area contributed by atoms with E-state index in [4.69, 9.17) is 4.74 Å². The Kier molecular flexibility index (Phi) is 6.16. The summed E-state index contributed by atoms with van der Waals surface area (Å²) in [6.07, 6.45) is 6.62. The molecule has 22 heavy (non-hydrogen) atoms. The van der Waals surface area contributed by atoms with Crippen molar-refractivity contribution in [1.29, 1.82) is 0 Å². The van der Waals surface area contributed by atoms with Gasteiger partial charge in [-0.25, -0.2) is 0 Å². The smallest absolute Gasteiger partial charge is 0.119 e. The number of unbranched alkanes of at least 4 members (excludes halogenated alkanes) is 1. The maximum absolute atomic E-state index is 5.79. The summed E-state index contributed by atoms with van der Waals surface area (Å²) in [5.41, 5.74) is 0. The van der Waals surface area contributed by atoms with Gasteiger partial charge in [0.25, 0.3) is 0 Å². The summed E-state index contributed by atoms with van der Waals surface area (Å²) >= 11 is 3.44. The van der Waals surface area contributed by atoms with Gasteiger partial charge in [-0.2, -0.15) is 0 Å². The Bertz CT molecular complexity index is 451. The lowest BCUT2D eigenvalue weighted by Crippen LogP contribution is -2.54. The number of benzene rings is 1. The van der Waals surface area contributed by atoms with Crippen molar-refractivity contribution in [3.05, 3.63) is 28.7 Å². The number of rotatable bonds is 6. The minimum Gasteiger partial charge on any atom is -0.494 e. The van der Waals surface area contributed by atoms with Crippen LogP contribution in [0.3, 0.4) is 0 Å². The van der Waals surface area contributed by atoms with Crippen LogP contribution in [0.5, 0.6) is 5.75 Å². The molecule has 1 aromatic rings. The van der Waals surface area contributed by atoms with Crippen LogP contribution in [-0.4, -0.2) is 55.2 Å². The van der Waals surface area contributed by atoms with Crippen molar-refractivity contribution in [2.24, 2.45) is 0 Å². The molecule has 0 bridgehead atoms. The summed E-state index contributed by atoms with van der Waals surface area (Å²) < 4.78 is 6.89. The van der Waals surface area contributed by atoms with Crippen LogP contribution in [0.1, 0.15) is 32.1 Å². The van der Waals surface area contributed by atoms with E-state index in [2.05, 4.69) is 25.7 Å². The van der Waals surface area contributed by atoms with Gasteiger partial charge in [-0.15, -0.1) is 0 Å². The molecule has 4 heteroatoms. The van der Waals surface area contributed by atoms with Crippen LogP contribution in [0, 0.1) is 0 Å². The predicted molar refractivity (Wildman–Crippen MR) is 94.5 cm³/mol. The minimum atomic E-state index is 0.824. The molecule has 2 fully saturated rings. The molecule has 1 atom stereocenters. The Morgan fingerprint density at radius 3 is 2.77 bits per heavy atom. The Labute approximate surface area is 142 Å². The average Bonchev–Trinajstić information content (AvgIpc) is 2.56. The van der Waals surface area contributed by atoms with Gasteiger partial charge in [0.2, 0.25) is 0 Å². The number of fused-ring (bicyclic) bond motifs is 1. The molecule has 2 aliphatic heterocycles. The monoisotopic (exact) mass is 366 g/mol. The van der Waals surface area contributed by atoms with Gasteiger partial charge in [0, 0.05) is 30.1 Å². The van der Waals surface area contributed by atoms with Crippen molar-refractivity contribution in [2.45, 2.75) is 38.1 Å². The standard InChI is InChI=1S/C18H27BrN2O/c19-16-6-8-18(9-7-16)22-14-4-3-10-20-12-13-21-11-2-1-5-17(21)15-20/h6-9,17H,1-5,10-15H2. The molecule has 0 amide bonds. The SMILES string of the molecule is Brc1ccc(OCCCCN2CCN3CCCCC3C2)cc1. The number of hydrogen-bond acceptors (Lipinski definition) is 3. The van der Waals surface area contributed by atoms with E-state index in [-0.39, 0.29) is 0 Å². The number of piperidine rings is 1. The van der Waals surface area contributed by atoms with E-state index < -0.39 is 0 Å².